The highest BCUT2D eigenvalue weighted by atomic mass is 16.5. The summed E-state index contributed by atoms with van der Waals surface area (Å²) in [5.74, 6) is 1.60. The number of aryl methyl sites for hydroxylation is 1. The molecule has 1 fully saturated rings. The fourth-order valence-electron chi connectivity index (χ4n) is 3.78. The van der Waals surface area contributed by atoms with Gasteiger partial charge in [0.15, 0.2) is 11.5 Å². The summed E-state index contributed by atoms with van der Waals surface area (Å²) < 4.78 is 11.4. The van der Waals surface area contributed by atoms with Crippen molar-refractivity contribution in [2.24, 2.45) is 0 Å². The second-order valence-electron chi connectivity index (χ2n) is 7.48. The van der Waals surface area contributed by atoms with E-state index in [1.807, 2.05) is 30.3 Å². The van der Waals surface area contributed by atoms with Crippen LogP contribution in [0.1, 0.15) is 37.7 Å². The summed E-state index contributed by atoms with van der Waals surface area (Å²) in [4.78, 5) is 14.8. The topological polar surface area (TPSA) is 50.8 Å². The van der Waals surface area contributed by atoms with E-state index in [1.54, 1.807) is 0 Å². The van der Waals surface area contributed by atoms with Crippen molar-refractivity contribution in [1.29, 1.82) is 0 Å². The van der Waals surface area contributed by atoms with Crippen molar-refractivity contribution < 1.29 is 14.3 Å². The fraction of sp³-hybridized carbons (Fsp3) is 0.435. The van der Waals surface area contributed by atoms with E-state index >= 15 is 0 Å². The van der Waals surface area contributed by atoms with Crippen LogP contribution in [0.25, 0.3) is 0 Å². The Kier molecular flexibility index (Phi) is 6.00. The van der Waals surface area contributed by atoms with Gasteiger partial charge in [-0.3, -0.25) is 4.79 Å². The van der Waals surface area contributed by atoms with Crippen LogP contribution in [-0.2, 0) is 11.2 Å². The molecule has 2 aromatic carbocycles. The van der Waals surface area contributed by atoms with Crippen molar-refractivity contribution in [2.45, 2.75) is 38.5 Å². The third-order valence-corrected chi connectivity index (χ3v) is 5.30. The van der Waals surface area contributed by atoms with Crippen molar-refractivity contribution in [3.8, 4) is 11.5 Å². The highest BCUT2D eigenvalue weighted by Gasteiger charge is 2.13. The van der Waals surface area contributed by atoms with Crippen molar-refractivity contribution in [3.05, 3.63) is 48.0 Å². The molecule has 5 nitrogen and oxygen atoms in total. The summed E-state index contributed by atoms with van der Waals surface area (Å²) in [7, 11) is 0. The minimum atomic E-state index is 0.0305. The molecule has 0 radical (unpaired) electrons. The Labute approximate surface area is 166 Å². The summed E-state index contributed by atoms with van der Waals surface area (Å²) in [6, 6.07) is 14.1. The summed E-state index contributed by atoms with van der Waals surface area (Å²) in [5, 5.41) is 3.04. The van der Waals surface area contributed by atoms with E-state index in [2.05, 4.69) is 22.3 Å². The molecule has 148 valence electrons. The zero-order chi connectivity index (χ0) is 19.2. The van der Waals surface area contributed by atoms with E-state index in [1.165, 1.54) is 24.9 Å². The van der Waals surface area contributed by atoms with Gasteiger partial charge in [0.05, 0.1) is 13.2 Å². The maximum Gasteiger partial charge on any atom is 0.224 e. The first-order valence-electron chi connectivity index (χ1n) is 10.3. The third-order valence-electron chi connectivity index (χ3n) is 5.30. The molecule has 2 aliphatic rings. The molecule has 2 aliphatic heterocycles. The number of carbonyl (C=O) groups excluding carboxylic acids is 1. The van der Waals surface area contributed by atoms with Crippen LogP contribution >= 0.6 is 0 Å². The second-order valence-corrected chi connectivity index (χ2v) is 7.48. The van der Waals surface area contributed by atoms with Gasteiger partial charge in [-0.15, -0.1) is 0 Å². The molecular weight excluding hydrogens is 352 g/mol. The van der Waals surface area contributed by atoms with Crippen molar-refractivity contribution in [2.75, 3.05) is 36.5 Å². The number of benzene rings is 2. The SMILES string of the molecule is O=C(CCc1ccc2c(c1)OCCCO2)Nc1cccc(N2CCCCC2)c1. The van der Waals surface area contributed by atoms with Gasteiger partial charge < -0.3 is 19.7 Å². The van der Waals surface area contributed by atoms with Gasteiger partial charge in [0, 0.05) is 37.3 Å². The summed E-state index contributed by atoms with van der Waals surface area (Å²) in [6.07, 6.45) is 5.80. The summed E-state index contributed by atoms with van der Waals surface area (Å²) in [6.45, 7) is 3.55. The molecule has 1 saturated heterocycles. The van der Waals surface area contributed by atoms with Crippen molar-refractivity contribution in [1.82, 2.24) is 0 Å². The number of anilines is 2. The lowest BCUT2D eigenvalue weighted by Gasteiger charge is -2.29. The Balaban J connectivity index is 1.33. The zero-order valence-corrected chi connectivity index (χ0v) is 16.3. The lowest BCUT2D eigenvalue weighted by Crippen LogP contribution is -2.29. The Hall–Kier alpha value is -2.69. The molecule has 4 rings (SSSR count). The van der Waals surface area contributed by atoms with Crippen LogP contribution in [0.5, 0.6) is 11.5 Å². The van der Waals surface area contributed by atoms with E-state index in [0.29, 0.717) is 26.1 Å². The maximum atomic E-state index is 12.4. The van der Waals surface area contributed by atoms with Gasteiger partial charge in [-0.25, -0.2) is 0 Å². The van der Waals surface area contributed by atoms with Crippen LogP contribution in [0.2, 0.25) is 0 Å². The quantitative estimate of drug-likeness (QED) is 0.835. The molecule has 0 spiro atoms. The standard InChI is InChI=1S/C23H28N2O3/c26-23(11-9-18-8-10-21-22(16-18)28-15-5-14-27-21)24-19-6-4-7-20(17-19)25-12-2-1-3-13-25/h4,6-8,10,16-17H,1-3,5,9,11-15H2,(H,24,26). The first-order valence-corrected chi connectivity index (χ1v) is 10.3. The Morgan fingerprint density at radius 3 is 2.61 bits per heavy atom. The lowest BCUT2D eigenvalue weighted by molar-refractivity contribution is -0.116. The van der Waals surface area contributed by atoms with Crippen LogP contribution in [0, 0.1) is 0 Å². The summed E-state index contributed by atoms with van der Waals surface area (Å²) >= 11 is 0. The number of fused-ring (bicyclic) bond motifs is 1. The first-order chi connectivity index (χ1) is 13.8. The van der Waals surface area contributed by atoms with Gasteiger partial charge in [-0.2, -0.15) is 0 Å². The number of rotatable bonds is 5. The zero-order valence-electron chi connectivity index (χ0n) is 16.3. The number of hydrogen-bond acceptors (Lipinski definition) is 4. The summed E-state index contributed by atoms with van der Waals surface area (Å²) in [5.41, 5.74) is 3.15. The molecule has 1 amide bonds. The van der Waals surface area contributed by atoms with Gasteiger partial charge in [0.2, 0.25) is 5.91 Å². The highest BCUT2D eigenvalue weighted by Crippen LogP contribution is 2.31. The second kappa shape index (κ2) is 9.00. The minimum absolute atomic E-state index is 0.0305. The molecule has 2 heterocycles. The normalized spacial score (nSPS) is 16.4. The number of ether oxygens (including phenoxy) is 2. The Morgan fingerprint density at radius 1 is 0.929 bits per heavy atom. The monoisotopic (exact) mass is 380 g/mol. The van der Waals surface area contributed by atoms with Gasteiger partial charge in [-0.05, 0) is 61.6 Å². The van der Waals surface area contributed by atoms with Gasteiger partial charge in [0.25, 0.3) is 0 Å². The third kappa shape index (κ3) is 4.77. The van der Waals surface area contributed by atoms with E-state index in [0.717, 1.165) is 42.3 Å². The number of piperidine rings is 1. The molecule has 0 saturated carbocycles. The molecule has 0 atom stereocenters. The Bertz CT molecular complexity index is 815. The molecule has 0 aliphatic carbocycles. The molecule has 28 heavy (non-hydrogen) atoms. The Morgan fingerprint density at radius 2 is 1.75 bits per heavy atom. The van der Waals surface area contributed by atoms with E-state index < -0.39 is 0 Å². The number of hydrogen-bond donors (Lipinski definition) is 1. The molecule has 0 unspecified atom stereocenters. The lowest BCUT2D eigenvalue weighted by atomic mass is 10.1. The van der Waals surface area contributed by atoms with Crippen molar-refractivity contribution >= 4 is 17.3 Å². The van der Waals surface area contributed by atoms with E-state index in [4.69, 9.17) is 9.47 Å². The molecular formula is C23H28N2O3. The largest absolute Gasteiger partial charge is 0.490 e. The average molecular weight is 380 g/mol. The predicted octanol–water partition coefficient (Wildman–Crippen LogP) is 4.41. The number of nitrogens with one attached hydrogen (secondary N) is 1. The number of carbonyl (C=O) groups is 1. The molecule has 5 heteroatoms. The molecule has 0 aromatic heterocycles. The van der Waals surface area contributed by atoms with Crippen LogP contribution in [-0.4, -0.2) is 32.2 Å². The highest BCUT2D eigenvalue weighted by molar-refractivity contribution is 5.91. The average Bonchev–Trinajstić information content (AvgIpc) is 2.98. The van der Waals surface area contributed by atoms with Crippen molar-refractivity contribution in [3.63, 3.8) is 0 Å². The van der Waals surface area contributed by atoms with Crippen LogP contribution < -0.4 is 19.7 Å². The van der Waals surface area contributed by atoms with Crippen LogP contribution in [0.15, 0.2) is 42.5 Å². The maximum absolute atomic E-state index is 12.4. The molecule has 0 bridgehead atoms. The van der Waals surface area contributed by atoms with E-state index in [9.17, 15) is 4.79 Å². The smallest absolute Gasteiger partial charge is 0.224 e. The minimum Gasteiger partial charge on any atom is -0.490 e. The van der Waals surface area contributed by atoms with Crippen LogP contribution in [0.3, 0.4) is 0 Å². The van der Waals surface area contributed by atoms with Gasteiger partial charge >= 0.3 is 0 Å². The van der Waals surface area contributed by atoms with Gasteiger partial charge in [-0.1, -0.05) is 12.1 Å². The van der Waals surface area contributed by atoms with Crippen LogP contribution in [0.4, 0.5) is 11.4 Å². The fourth-order valence-corrected chi connectivity index (χ4v) is 3.78. The number of amides is 1. The number of nitrogens with zero attached hydrogens (tertiary/aromatic N) is 1. The van der Waals surface area contributed by atoms with Gasteiger partial charge in [0.1, 0.15) is 0 Å². The molecule has 2 aromatic rings. The molecule has 1 N–H and O–H groups in total. The predicted molar refractivity (Wildman–Crippen MR) is 112 cm³/mol. The first kappa shape index (κ1) is 18.7. The van der Waals surface area contributed by atoms with E-state index in [-0.39, 0.29) is 5.91 Å².